The van der Waals surface area contributed by atoms with Crippen LogP contribution in [0.25, 0.3) is 11.0 Å². The first-order valence-corrected chi connectivity index (χ1v) is 8.19. The maximum absolute atomic E-state index is 10.8. The van der Waals surface area contributed by atoms with Gasteiger partial charge in [-0.15, -0.1) is 11.3 Å². The molecule has 0 bridgehead atoms. The molecule has 3 aromatic rings. The van der Waals surface area contributed by atoms with Gasteiger partial charge in [0, 0.05) is 11.1 Å². The fraction of sp³-hybridized carbons (Fsp3) is 0.214. The van der Waals surface area contributed by atoms with Crippen LogP contribution in [0.4, 0.5) is 0 Å². The summed E-state index contributed by atoms with van der Waals surface area (Å²) in [5, 5.41) is 9.62. The van der Waals surface area contributed by atoms with Crippen LogP contribution in [0.3, 0.4) is 0 Å². The molecule has 0 saturated heterocycles. The van der Waals surface area contributed by atoms with E-state index in [1.807, 2.05) is 31.3 Å². The van der Waals surface area contributed by atoms with Crippen LogP contribution in [0.1, 0.15) is 10.4 Å². The molecule has 0 atom stereocenters. The number of aryl methyl sites for hydroxylation is 1. The lowest BCUT2D eigenvalue weighted by Crippen LogP contribution is -2.04. The fourth-order valence-electron chi connectivity index (χ4n) is 2.20. The number of hydrogen-bond donors (Lipinski definition) is 1. The zero-order chi connectivity index (χ0) is 14.8. The summed E-state index contributed by atoms with van der Waals surface area (Å²) in [4.78, 5) is 20.6. The number of para-hydroxylation sites is 1. The van der Waals surface area contributed by atoms with E-state index in [9.17, 15) is 4.79 Å². The van der Waals surface area contributed by atoms with Gasteiger partial charge < -0.3 is 9.67 Å². The molecule has 0 aliphatic heterocycles. The minimum Gasteiger partial charge on any atom is -0.481 e. The maximum atomic E-state index is 10.8. The summed E-state index contributed by atoms with van der Waals surface area (Å²) in [6, 6.07) is 5.96. The number of rotatable bonds is 5. The minimum absolute atomic E-state index is 0.00502. The van der Waals surface area contributed by atoms with Crippen LogP contribution in [-0.4, -0.2) is 31.4 Å². The summed E-state index contributed by atoms with van der Waals surface area (Å²) in [6.45, 7) is 2.70. The van der Waals surface area contributed by atoms with Crippen molar-refractivity contribution in [3.63, 3.8) is 0 Å². The Hall–Kier alpha value is -1.86. The molecule has 1 aromatic carbocycles. The number of aromatic nitrogens is 3. The molecule has 108 valence electrons. The van der Waals surface area contributed by atoms with Crippen LogP contribution in [0, 0.1) is 6.92 Å². The van der Waals surface area contributed by atoms with Gasteiger partial charge in [0.25, 0.3) is 0 Å². The van der Waals surface area contributed by atoms with Gasteiger partial charge in [-0.1, -0.05) is 23.9 Å². The lowest BCUT2D eigenvalue weighted by atomic mass is 10.2. The fourth-order valence-corrected chi connectivity index (χ4v) is 3.51. The average Bonchev–Trinajstić information content (AvgIpc) is 3.06. The smallest absolute Gasteiger partial charge is 0.313 e. The predicted octanol–water partition coefficient (Wildman–Crippen LogP) is 3.03. The van der Waals surface area contributed by atoms with Crippen LogP contribution in [0.5, 0.6) is 0 Å². The van der Waals surface area contributed by atoms with Crippen molar-refractivity contribution in [2.75, 3.05) is 5.75 Å². The summed E-state index contributed by atoms with van der Waals surface area (Å²) in [5.41, 5.74) is 4.88. The molecule has 0 aliphatic carbocycles. The highest BCUT2D eigenvalue weighted by Crippen LogP contribution is 2.27. The van der Waals surface area contributed by atoms with Crippen molar-refractivity contribution in [1.29, 1.82) is 0 Å². The minimum atomic E-state index is -0.840. The number of thiazole rings is 1. The van der Waals surface area contributed by atoms with Crippen LogP contribution in [0.15, 0.2) is 35.1 Å². The number of carbonyl (C=O) groups is 1. The normalized spacial score (nSPS) is 11.1. The van der Waals surface area contributed by atoms with E-state index in [-0.39, 0.29) is 5.75 Å². The number of carboxylic acid groups (broad SMARTS) is 1. The number of nitrogens with zero attached hydrogens (tertiary/aromatic N) is 3. The molecule has 0 saturated carbocycles. The molecule has 0 amide bonds. The van der Waals surface area contributed by atoms with Gasteiger partial charge in [-0.05, 0) is 18.6 Å². The highest BCUT2D eigenvalue weighted by molar-refractivity contribution is 7.99. The third-order valence-electron chi connectivity index (χ3n) is 3.06. The largest absolute Gasteiger partial charge is 0.481 e. The molecule has 21 heavy (non-hydrogen) atoms. The molecule has 7 heteroatoms. The Morgan fingerprint density at radius 3 is 3.05 bits per heavy atom. The number of carboxylic acids is 1. The Kier molecular flexibility index (Phi) is 3.94. The predicted molar refractivity (Wildman–Crippen MR) is 84.0 cm³/mol. The van der Waals surface area contributed by atoms with Crippen molar-refractivity contribution in [3.8, 4) is 0 Å². The van der Waals surface area contributed by atoms with E-state index in [0.717, 1.165) is 26.6 Å². The number of hydrogen-bond acceptors (Lipinski definition) is 5. The van der Waals surface area contributed by atoms with E-state index < -0.39 is 5.97 Å². The van der Waals surface area contributed by atoms with Crippen LogP contribution < -0.4 is 0 Å². The van der Waals surface area contributed by atoms with Gasteiger partial charge in [-0.3, -0.25) is 9.78 Å². The van der Waals surface area contributed by atoms with Crippen molar-refractivity contribution >= 4 is 40.1 Å². The molecule has 5 nitrogen and oxygen atoms in total. The Bertz CT molecular complexity index is 781. The summed E-state index contributed by atoms with van der Waals surface area (Å²) < 4.78 is 2.08. The van der Waals surface area contributed by atoms with Crippen molar-refractivity contribution < 1.29 is 9.90 Å². The Morgan fingerprint density at radius 2 is 2.33 bits per heavy atom. The number of thioether (sulfide) groups is 1. The lowest BCUT2D eigenvalue weighted by Gasteiger charge is -2.08. The molecule has 0 unspecified atom stereocenters. The summed E-state index contributed by atoms with van der Waals surface area (Å²) in [7, 11) is 0. The molecule has 0 fully saturated rings. The highest BCUT2D eigenvalue weighted by Gasteiger charge is 2.15. The number of imidazole rings is 1. The maximum Gasteiger partial charge on any atom is 0.313 e. The lowest BCUT2D eigenvalue weighted by molar-refractivity contribution is -0.133. The number of fused-ring (bicyclic) bond motifs is 1. The van der Waals surface area contributed by atoms with Gasteiger partial charge in [-0.25, -0.2) is 4.98 Å². The highest BCUT2D eigenvalue weighted by atomic mass is 32.2. The Balaban J connectivity index is 2.07. The second-order valence-electron chi connectivity index (χ2n) is 4.57. The standard InChI is InChI=1S/C14H13N3O2S2/c1-9-3-2-4-11-13(9)17(6-10-5-15-8-21-10)14(16-11)20-7-12(18)19/h2-5,8H,6-7H2,1H3,(H,18,19). The van der Waals surface area contributed by atoms with Crippen LogP contribution >= 0.6 is 23.1 Å². The zero-order valence-electron chi connectivity index (χ0n) is 11.3. The van der Waals surface area contributed by atoms with Crippen LogP contribution in [-0.2, 0) is 11.3 Å². The number of aliphatic carboxylic acids is 1. The summed E-state index contributed by atoms with van der Waals surface area (Å²) in [6.07, 6.45) is 1.83. The van der Waals surface area contributed by atoms with Crippen LogP contribution in [0.2, 0.25) is 0 Å². The van der Waals surface area contributed by atoms with E-state index in [0.29, 0.717) is 6.54 Å². The second kappa shape index (κ2) is 5.87. The molecule has 2 aromatic heterocycles. The SMILES string of the molecule is Cc1cccc2nc(SCC(=O)O)n(Cc3cncs3)c12. The van der Waals surface area contributed by atoms with Crippen molar-refractivity contribution in [3.05, 3.63) is 40.3 Å². The molecule has 0 radical (unpaired) electrons. The Morgan fingerprint density at radius 1 is 1.48 bits per heavy atom. The molecule has 0 spiro atoms. The van der Waals surface area contributed by atoms with Gasteiger partial charge in [0.05, 0.1) is 28.8 Å². The second-order valence-corrected chi connectivity index (χ2v) is 6.49. The van der Waals surface area contributed by atoms with Gasteiger partial charge >= 0.3 is 5.97 Å². The van der Waals surface area contributed by atoms with Gasteiger partial charge in [0.1, 0.15) is 0 Å². The first-order valence-electron chi connectivity index (χ1n) is 6.33. The first-order chi connectivity index (χ1) is 10.1. The van der Waals surface area contributed by atoms with Crippen molar-refractivity contribution in [2.24, 2.45) is 0 Å². The molecule has 0 aliphatic rings. The van der Waals surface area contributed by atoms with E-state index in [1.165, 1.54) is 11.8 Å². The monoisotopic (exact) mass is 319 g/mol. The summed E-state index contributed by atoms with van der Waals surface area (Å²) in [5.74, 6) is -0.835. The first kappa shape index (κ1) is 14.1. The molecule has 1 N–H and O–H groups in total. The van der Waals surface area contributed by atoms with Gasteiger partial charge in [-0.2, -0.15) is 0 Å². The molecule has 2 heterocycles. The quantitative estimate of drug-likeness (QED) is 0.732. The summed E-state index contributed by atoms with van der Waals surface area (Å²) >= 11 is 2.83. The van der Waals surface area contributed by atoms with Crippen molar-refractivity contribution in [2.45, 2.75) is 18.6 Å². The Labute approximate surface area is 129 Å². The third-order valence-corrected chi connectivity index (χ3v) is 4.78. The van der Waals surface area contributed by atoms with E-state index in [4.69, 9.17) is 5.11 Å². The van der Waals surface area contributed by atoms with Gasteiger partial charge in [0.15, 0.2) is 5.16 Å². The van der Waals surface area contributed by atoms with Gasteiger partial charge in [0.2, 0.25) is 0 Å². The average molecular weight is 319 g/mol. The van der Waals surface area contributed by atoms with E-state index >= 15 is 0 Å². The van der Waals surface area contributed by atoms with E-state index in [1.54, 1.807) is 16.8 Å². The van der Waals surface area contributed by atoms with Crippen molar-refractivity contribution in [1.82, 2.24) is 14.5 Å². The van der Waals surface area contributed by atoms with E-state index in [2.05, 4.69) is 14.5 Å². The molecular weight excluding hydrogens is 306 g/mol. The molecular formula is C14H13N3O2S2. The molecule has 3 rings (SSSR count). The zero-order valence-corrected chi connectivity index (χ0v) is 12.9. The third kappa shape index (κ3) is 2.93. The topological polar surface area (TPSA) is 68.0 Å². The number of benzene rings is 1.